The first-order chi connectivity index (χ1) is 20.9. The molecule has 0 N–H and O–H groups in total. The molecule has 0 amide bonds. The summed E-state index contributed by atoms with van der Waals surface area (Å²) in [5.41, 5.74) is 0.810. The first kappa shape index (κ1) is 27.3. The Hall–Kier alpha value is -5.84. The van der Waals surface area contributed by atoms with Gasteiger partial charge in [-0.05, 0) is 42.5 Å². The van der Waals surface area contributed by atoms with E-state index in [0.29, 0.717) is 56.7 Å². The van der Waals surface area contributed by atoms with Crippen molar-refractivity contribution >= 4 is 21.8 Å². The van der Waals surface area contributed by atoms with Gasteiger partial charge in [-0.2, -0.15) is 0 Å². The monoisotopic (exact) mass is 580 g/mol. The number of hydrogen-bond acceptors (Lipinski definition) is 11. The zero-order chi connectivity index (χ0) is 30.1. The second-order valence-corrected chi connectivity index (χ2v) is 9.22. The normalized spacial score (nSPS) is 11.0. The lowest BCUT2D eigenvalue weighted by Gasteiger charge is -2.10. The van der Waals surface area contributed by atoms with Crippen LogP contribution in [0, 0.1) is 0 Å². The fraction of sp³-hybridized carbons (Fsp3) is 0.125. The Bertz CT molecular complexity index is 2100. The number of hydrogen-bond donors (Lipinski definition) is 0. The summed E-state index contributed by atoms with van der Waals surface area (Å²) in [5, 5.41) is 0.543. The predicted octanol–water partition coefficient (Wildman–Crippen LogP) is 5.85. The molecule has 0 spiro atoms. The molecule has 11 nitrogen and oxygen atoms in total. The lowest BCUT2D eigenvalue weighted by atomic mass is 10.2. The summed E-state index contributed by atoms with van der Waals surface area (Å²) in [6, 6.07) is 20.2. The molecule has 4 aromatic carbocycles. The van der Waals surface area contributed by atoms with Gasteiger partial charge in [0.1, 0.15) is 11.5 Å². The number of methoxy groups -OCH3 is 4. The SMILES string of the molecule is COc1cc2nc(-c3ccc(Oc4cccc(-c5nc6cc(OC)c(OC)cc6c(=O)o5)c4)cc3)oc(=O)c2cc1OC. The molecule has 0 aliphatic heterocycles. The summed E-state index contributed by atoms with van der Waals surface area (Å²) in [7, 11) is 5.99. The van der Waals surface area contributed by atoms with Crippen molar-refractivity contribution in [1.29, 1.82) is 0 Å². The lowest BCUT2D eigenvalue weighted by molar-refractivity contribution is 0.355. The van der Waals surface area contributed by atoms with Gasteiger partial charge in [0, 0.05) is 35.4 Å². The van der Waals surface area contributed by atoms with Crippen LogP contribution in [0.2, 0.25) is 0 Å². The lowest BCUT2D eigenvalue weighted by Crippen LogP contribution is -2.04. The van der Waals surface area contributed by atoms with E-state index in [-0.39, 0.29) is 22.6 Å². The van der Waals surface area contributed by atoms with Crippen molar-refractivity contribution in [1.82, 2.24) is 9.97 Å². The molecule has 0 radical (unpaired) electrons. The van der Waals surface area contributed by atoms with Gasteiger partial charge in [0.25, 0.3) is 0 Å². The molecule has 0 atom stereocenters. The smallest absolute Gasteiger partial charge is 0.347 e. The Morgan fingerprint density at radius 3 is 1.53 bits per heavy atom. The Morgan fingerprint density at radius 1 is 0.535 bits per heavy atom. The van der Waals surface area contributed by atoms with Gasteiger partial charge in [-0.3, -0.25) is 0 Å². The molecule has 0 saturated carbocycles. The van der Waals surface area contributed by atoms with Crippen LogP contribution in [-0.4, -0.2) is 38.4 Å². The van der Waals surface area contributed by atoms with Crippen LogP contribution in [0.4, 0.5) is 0 Å². The van der Waals surface area contributed by atoms with Crippen molar-refractivity contribution in [2.45, 2.75) is 0 Å². The van der Waals surface area contributed by atoms with Crippen LogP contribution in [0.5, 0.6) is 34.5 Å². The van der Waals surface area contributed by atoms with E-state index < -0.39 is 11.3 Å². The van der Waals surface area contributed by atoms with Crippen LogP contribution >= 0.6 is 0 Å². The molecule has 2 aromatic heterocycles. The maximum absolute atomic E-state index is 12.7. The molecule has 0 unspecified atom stereocenters. The molecule has 0 fully saturated rings. The van der Waals surface area contributed by atoms with Gasteiger partial charge in [-0.25, -0.2) is 19.6 Å². The minimum absolute atomic E-state index is 0.122. The largest absolute Gasteiger partial charge is 0.493 e. The van der Waals surface area contributed by atoms with Gasteiger partial charge in [-0.15, -0.1) is 0 Å². The fourth-order valence-corrected chi connectivity index (χ4v) is 4.54. The first-order valence-electron chi connectivity index (χ1n) is 12.9. The molecule has 6 rings (SSSR count). The molecule has 0 bridgehead atoms. The highest BCUT2D eigenvalue weighted by Crippen LogP contribution is 2.34. The van der Waals surface area contributed by atoms with Gasteiger partial charge in [0.15, 0.2) is 23.0 Å². The van der Waals surface area contributed by atoms with E-state index in [1.807, 2.05) is 0 Å². The van der Waals surface area contributed by atoms with Crippen LogP contribution in [0.25, 0.3) is 44.7 Å². The summed E-state index contributed by atoms with van der Waals surface area (Å²) in [6.07, 6.45) is 0. The van der Waals surface area contributed by atoms with E-state index in [2.05, 4.69) is 9.97 Å². The van der Waals surface area contributed by atoms with Crippen molar-refractivity contribution in [2.75, 3.05) is 28.4 Å². The van der Waals surface area contributed by atoms with E-state index in [4.69, 9.17) is 32.5 Å². The van der Waals surface area contributed by atoms with Gasteiger partial charge in [-0.1, -0.05) is 6.07 Å². The molecule has 11 heteroatoms. The number of benzene rings is 4. The van der Waals surface area contributed by atoms with E-state index >= 15 is 0 Å². The highest BCUT2D eigenvalue weighted by molar-refractivity contribution is 5.83. The number of nitrogens with zero attached hydrogens (tertiary/aromatic N) is 2. The molecular formula is C32H24N2O9. The van der Waals surface area contributed by atoms with E-state index in [9.17, 15) is 9.59 Å². The maximum Gasteiger partial charge on any atom is 0.347 e. The molecule has 0 aliphatic rings. The summed E-state index contributed by atoms with van der Waals surface area (Å²) < 4.78 is 38.2. The third-order valence-electron chi connectivity index (χ3n) is 6.68. The predicted molar refractivity (Wildman–Crippen MR) is 158 cm³/mol. The van der Waals surface area contributed by atoms with E-state index in [1.54, 1.807) is 60.7 Å². The van der Waals surface area contributed by atoms with Crippen LogP contribution in [-0.2, 0) is 0 Å². The summed E-state index contributed by atoms with van der Waals surface area (Å²) in [4.78, 5) is 34.4. The van der Waals surface area contributed by atoms with Crippen LogP contribution in [0.3, 0.4) is 0 Å². The zero-order valence-electron chi connectivity index (χ0n) is 23.5. The van der Waals surface area contributed by atoms with Crippen LogP contribution in [0.1, 0.15) is 0 Å². The molecule has 6 aromatic rings. The number of fused-ring (bicyclic) bond motifs is 2. The highest BCUT2D eigenvalue weighted by Gasteiger charge is 2.16. The number of rotatable bonds is 8. The average Bonchev–Trinajstić information content (AvgIpc) is 3.03. The Balaban J connectivity index is 1.27. The van der Waals surface area contributed by atoms with Crippen molar-refractivity contribution in [2.24, 2.45) is 0 Å². The summed E-state index contributed by atoms with van der Waals surface area (Å²) in [6.45, 7) is 0. The summed E-state index contributed by atoms with van der Waals surface area (Å²) in [5.74, 6) is 2.96. The van der Waals surface area contributed by atoms with Crippen LogP contribution < -0.4 is 34.9 Å². The minimum Gasteiger partial charge on any atom is -0.493 e. The zero-order valence-corrected chi connectivity index (χ0v) is 23.5. The second-order valence-electron chi connectivity index (χ2n) is 9.22. The average molecular weight is 581 g/mol. The molecule has 216 valence electrons. The minimum atomic E-state index is -0.561. The van der Waals surface area contributed by atoms with Crippen LogP contribution in [0.15, 0.2) is 91.2 Å². The fourth-order valence-electron chi connectivity index (χ4n) is 4.54. The van der Waals surface area contributed by atoms with E-state index in [0.717, 1.165) is 0 Å². The molecule has 0 aliphatic carbocycles. The standard InChI is InChI=1S/C32H24N2O9/c1-37-25-13-21-23(15-27(25)39-3)33-29(42-31(21)35)17-8-10-19(11-9-17)41-20-7-5-6-18(12-20)30-34-24-16-28(40-4)26(38-2)14-22(24)32(36)43-30/h5-16H,1-4H3. The summed E-state index contributed by atoms with van der Waals surface area (Å²) >= 11 is 0. The Labute approximate surface area is 243 Å². The van der Waals surface area contributed by atoms with Crippen molar-refractivity contribution < 1.29 is 32.5 Å². The van der Waals surface area contributed by atoms with Gasteiger partial charge >= 0.3 is 11.3 Å². The molecule has 2 heterocycles. The second kappa shape index (κ2) is 11.2. The maximum atomic E-state index is 12.7. The number of aromatic nitrogens is 2. The third-order valence-corrected chi connectivity index (χ3v) is 6.68. The first-order valence-corrected chi connectivity index (χ1v) is 12.9. The number of ether oxygens (including phenoxy) is 5. The van der Waals surface area contributed by atoms with Crippen molar-refractivity contribution in [3.05, 3.63) is 93.6 Å². The van der Waals surface area contributed by atoms with Gasteiger partial charge < -0.3 is 32.5 Å². The highest BCUT2D eigenvalue weighted by atomic mass is 16.5. The van der Waals surface area contributed by atoms with Crippen molar-refractivity contribution in [3.63, 3.8) is 0 Å². The molecule has 43 heavy (non-hydrogen) atoms. The molecular weight excluding hydrogens is 556 g/mol. The van der Waals surface area contributed by atoms with Crippen molar-refractivity contribution in [3.8, 4) is 57.4 Å². The quantitative estimate of drug-likeness (QED) is 0.215. The molecule has 0 saturated heterocycles. The van der Waals surface area contributed by atoms with Gasteiger partial charge in [0.2, 0.25) is 11.8 Å². The Kier molecular flexibility index (Phi) is 7.12. The van der Waals surface area contributed by atoms with E-state index in [1.165, 1.54) is 40.6 Å². The third kappa shape index (κ3) is 5.19. The Morgan fingerprint density at radius 2 is 1.02 bits per heavy atom. The topological polar surface area (TPSA) is 132 Å². The van der Waals surface area contributed by atoms with Gasteiger partial charge in [0.05, 0.1) is 50.2 Å².